The monoisotopic (exact) mass is 366 g/mol. The van der Waals surface area contributed by atoms with Crippen LogP contribution in [0.2, 0.25) is 0 Å². The van der Waals surface area contributed by atoms with E-state index in [1.807, 2.05) is 33.8 Å². The Hall–Kier alpha value is -2.11. The van der Waals surface area contributed by atoms with Crippen LogP contribution in [0.3, 0.4) is 0 Å². The molecule has 6 heteroatoms. The van der Waals surface area contributed by atoms with Crippen molar-refractivity contribution in [3.05, 3.63) is 23.5 Å². The van der Waals surface area contributed by atoms with Crippen LogP contribution in [0, 0.1) is 11.3 Å². The molecule has 0 bridgehead atoms. The molecule has 0 radical (unpaired) electrons. The van der Waals surface area contributed by atoms with Gasteiger partial charge in [-0.15, -0.1) is 0 Å². The molecule has 0 amide bonds. The lowest BCUT2D eigenvalue weighted by molar-refractivity contribution is -0.164. The van der Waals surface area contributed by atoms with Crippen LogP contribution in [0.25, 0.3) is 0 Å². The second-order valence-corrected chi connectivity index (χ2v) is 7.53. The molecule has 0 fully saturated rings. The Morgan fingerprint density at radius 1 is 1.15 bits per heavy atom. The fraction of sp³-hybridized carbons (Fsp3) is 0.650. The predicted octanol–water partition coefficient (Wildman–Crippen LogP) is 3.70. The van der Waals surface area contributed by atoms with E-state index in [0.717, 1.165) is 5.57 Å². The highest BCUT2D eigenvalue weighted by Gasteiger charge is 2.50. The van der Waals surface area contributed by atoms with Crippen molar-refractivity contribution in [2.45, 2.75) is 66.4 Å². The van der Waals surface area contributed by atoms with E-state index >= 15 is 0 Å². The molecular formula is C20H30O6. The molecule has 26 heavy (non-hydrogen) atoms. The van der Waals surface area contributed by atoms with E-state index in [9.17, 15) is 14.4 Å². The van der Waals surface area contributed by atoms with E-state index in [2.05, 4.69) is 0 Å². The Bertz CT molecular complexity index is 628. The van der Waals surface area contributed by atoms with Crippen LogP contribution >= 0.6 is 0 Å². The first-order valence-electron chi connectivity index (χ1n) is 8.80. The van der Waals surface area contributed by atoms with Crippen molar-refractivity contribution < 1.29 is 28.6 Å². The number of rotatable bonds is 7. The number of methoxy groups -OCH3 is 1. The van der Waals surface area contributed by atoms with Crippen LogP contribution < -0.4 is 0 Å². The van der Waals surface area contributed by atoms with Gasteiger partial charge in [-0.05, 0) is 43.4 Å². The third kappa shape index (κ3) is 5.19. The largest absolute Gasteiger partial charge is 0.469 e. The van der Waals surface area contributed by atoms with E-state index in [4.69, 9.17) is 14.2 Å². The highest BCUT2D eigenvalue weighted by Crippen LogP contribution is 2.49. The Morgan fingerprint density at radius 3 is 2.23 bits per heavy atom. The minimum atomic E-state index is -0.868. The number of allylic oxidation sites excluding steroid dienone is 1. The summed E-state index contributed by atoms with van der Waals surface area (Å²) < 4.78 is 15.8. The van der Waals surface area contributed by atoms with E-state index < -0.39 is 17.0 Å². The number of carbonyl (C=O) groups excluding carboxylic acids is 3. The van der Waals surface area contributed by atoms with Crippen molar-refractivity contribution in [2.75, 3.05) is 7.11 Å². The van der Waals surface area contributed by atoms with E-state index in [1.54, 1.807) is 6.08 Å². The van der Waals surface area contributed by atoms with Gasteiger partial charge in [0.1, 0.15) is 11.4 Å². The number of hydrogen-bond acceptors (Lipinski definition) is 6. The molecule has 0 aliphatic heterocycles. The Kier molecular flexibility index (Phi) is 7.18. The Balaban J connectivity index is 3.13. The Labute approximate surface area is 155 Å². The predicted molar refractivity (Wildman–Crippen MR) is 96.9 cm³/mol. The third-order valence-electron chi connectivity index (χ3n) is 4.85. The lowest BCUT2D eigenvalue weighted by Crippen LogP contribution is -2.50. The lowest BCUT2D eigenvalue weighted by Gasteiger charge is -2.47. The van der Waals surface area contributed by atoms with Crippen LogP contribution in [-0.4, -0.2) is 30.6 Å². The lowest BCUT2D eigenvalue weighted by atomic mass is 9.65. The zero-order chi connectivity index (χ0) is 20.1. The molecule has 0 spiro atoms. The molecule has 1 rings (SSSR count). The molecule has 0 saturated heterocycles. The highest BCUT2D eigenvalue weighted by atomic mass is 16.6. The van der Waals surface area contributed by atoms with E-state index in [-0.39, 0.29) is 17.9 Å². The van der Waals surface area contributed by atoms with Gasteiger partial charge in [0.2, 0.25) is 0 Å². The number of ether oxygens (including phenoxy) is 3. The smallest absolute Gasteiger partial charge is 0.308 e. The minimum absolute atomic E-state index is 0.0809. The van der Waals surface area contributed by atoms with Crippen molar-refractivity contribution in [3.8, 4) is 0 Å². The summed E-state index contributed by atoms with van der Waals surface area (Å²) in [6, 6.07) is 0. The number of esters is 3. The van der Waals surface area contributed by atoms with Gasteiger partial charge in [-0.2, -0.15) is 0 Å². The SMILES string of the molecule is COC(=O)CC(C)CC[C@@]1(OC(C)=O)C(C)=CC(OC(C)=O)=CC1(C)C. The van der Waals surface area contributed by atoms with E-state index in [0.29, 0.717) is 25.0 Å². The summed E-state index contributed by atoms with van der Waals surface area (Å²) in [7, 11) is 1.37. The van der Waals surface area contributed by atoms with Crippen LogP contribution in [0.5, 0.6) is 0 Å². The summed E-state index contributed by atoms with van der Waals surface area (Å²) in [6.45, 7) is 10.5. The van der Waals surface area contributed by atoms with Crippen LogP contribution in [0.15, 0.2) is 23.5 Å². The number of hydrogen-bond donors (Lipinski definition) is 0. The van der Waals surface area contributed by atoms with Crippen molar-refractivity contribution >= 4 is 17.9 Å². The maximum atomic E-state index is 11.8. The summed E-state index contributed by atoms with van der Waals surface area (Å²) in [6.07, 6.45) is 5.08. The molecule has 1 aliphatic carbocycles. The molecule has 0 aromatic heterocycles. The van der Waals surface area contributed by atoms with Gasteiger partial charge in [0.25, 0.3) is 0 Å². The van der Waals surface area contributed by atoms with Crippen molar-refractivity contribution in [2.24, 2.45) is 11.3 Å². The molecule has 1 aliphatic rings. The van der Waals surface area contributed by atoms with Gasteiger partial charge in [0, 0.05) is 25.7 Å². The Morgan fingerprint density at radius 2 is 1.77 bits per heavy atom. The fourth-order valence-corrected chi connectivity index (χ4v) is 3.52. The van der Waals surface area contributed by atoms with Gasteiger partial charge in [0.05, 0.1) is 7.11 Å². The maximum absolute atomic E-state index is 11.8. The van der Waals surface area contributed by atoms with Crippen LogP contribution in [0.4, 0.5) is 0 Å². The van der Waals surface area contributed by atoms with Crippen molar-refractivity contribution in [1.29, 1.82) is 0 Å². The first-order valence-corrected chi connectivity index (χ1v) is 8.80. The maximum Gasteiger partial charge on any atom is 0.308 e. The average molecular weight is 366 g/mol. The number of carbonyl (C=O) groups is 3. The van der Waals surface area contributed by atoms with Gasteiger partial charge in [-0.3, -0.25) is 14.4 Å². The second kappa shape index (κ2) is 8.52. The van der Waals surface area contributed by atoms with Gasteiger partial charge in [-0.1, -0.05) is 20.8 Å². The summed E-state index contributed by atoms with van der Waals surface area (Å²) in [4.78, 5) is 34.6. The van der Waals surface area contributed by atoms with E-state index in [1.165, 1.54) is 21.0 Å². The summed E-state index contributed by atoms with van der Waals surface area (Å²) >= 11 is 0. The first-order chi connectivity index (χ1) is 11.9. The zero-order valence-electron chi connectivity index (χ0n) is 16.8. The van der Waals surface area contributed by atoms with Gasteiger partial charge >= 0.3 is 17.9 Å². The second-order valence-electron chi connectivity index (χ2n) is 7.53. The molecular weight excluding hydrogens is 336 g/mol. The summed E-state index contributed by atoms with van der Waals surface area (Å²) in [5.41, 5.74) is -0.651. The van der Waals surface area contributed by atoms with Crippen LogP contribution in [-0.2, 0) is 28.6 Å². The van der Waals surface area contributed by atoms with Gasteiger partial charge in [0.15, 0.2) is 0 Å². The summed E-state index contributed by atoms with van der Waals surface area (Å²) in [5, 5.41) is 0. The van der Waals surface area contributed by atoms with Crippen molar-refractivity contribution in [3.63, 3.8) is 0 Å². The molecule has 0 N–H and O–H groups in total. The standard InChI is InChI=1S/C20H30O6/c1-13(10-18(23)24-7)8-9-20(26-16(4)22)14(2)11-17(25-15(3)21)12-19(20,5)6/h11-13H,8-10H2,1-7H3/t13?,20-/m1/s1. The molecule has 146 valence electrons. The quantitative estimate of drug-likeness (QED) is 0.505. The molecule has 0 aromatic rings. The van der Waals surface area contributed by atoms with Crippen LogP contribution in [0.1, 0.15) is 60.8 Å². The topological polar surface area (TPSA) is 78.9 Å². The molecule has 0 aromatic carbocycles. The van der Waals surface area contributed by atoms with Gasteiger partial charge in [-0.25, -0.2) is 0 Å². The minimum Gasteiger partial charge on any atom is -0.469 e. The van der Waals surface area contributed by atoms with Crippen molar-refractivity contribution in [1.82, 2.24) is 0 Å². The first kappa shape index (κ1) is 21.9. The molecule has 2 atom stereocenters. The fourth-order valence-electron chi connectivity index (χ4n) is 3.52. The summed E-state index contributed by atoms with van der Waals surface area (Å²) in [5.74, 6) is -0.507. The van der Waals surface area contributed by atoms with Gasteiger partial charge < -0.3 is 14.2 Å². The molecule has 1 unspecified atom stereocenters. The molecule has 0 saturated carbocycles. The molecule has 6 nitrogen and oxygen atoms in total. The molecule has 0 heterocycles. The average Bonchev–Trinajstić information content (AvgIpc) is 2.48. The zero-order valence-corrected chi connectivity index (χ0v) is 16.8. The highest BCUT2D eigenvalue weighted by molar-refractivity contribution is 5.70. The third-order valence-corrected chi connectivity index (χ3v) is 4.85. The normalized spacial score (nSPS) is 22.6.